The van der Waals surface area contributed by atoms with E-state index in [0.717, 1.165) is 10.2 Å². The lowest BCUT2D eigenvalue weighted by atomic mass is 9.96. The van der Waals surface area contributed by atoms with Gasteiger partial charge in [0, 0.05) is 14.9 Å². The van der Waals surface area contributed by atoms with Gasteiger partial charge in [-0.15, -0.1) is 0 Å². The van der Waals surface area contributed by atoms with Crippen LogP contribution in [-0.4, -0.2) is 6.61 Å². The van der Waals surface area contributed by atoms with Crippen molar-refractivity contribution in [2.75, 3.05) is 6.61 Å². The average molecular weight is 364 g/mol. The van der Waals surface area contributed by atoms with Crippen molar-refractivity contribution in [2.45, 2.75) is 38.4 Å². The second-order valence-corrected chi connectivity index (χ2v) is 6.19. The van der Waals surface area contributed by atoms with Crippen LogP contribution in [0.1, 0.15) is 44.0 Å². The third-order valence-corrected chi connectivity index (χ3v) is 4.70. The molecule has 2 atom stereocenters. The van der Waals surface area contributed by atoms with Crippen molar-refractivity contribution in [1.82, 2.24) is 0 Å². The third-order valence-electron chi connectivity index (χ3n) is 2.81. The molecule has 0 saturated heterocycles. The highest BCUT2D eigenvalue weighted by molar-refractivity contribution is 9.10. The second kappa shape index (κ2) is 7.42. The molecule has 1 aromatic carbocycles. The van der Waals surface area contributed by atoms with Gasteiger partial charge >= 0.3 is 0 Å². The first-order valence-electron chi connectivity index (χ1n) is 6.16. The van der Waals surface area contributed by atoms with Crippen molar-refractivity contribution in [1.29, 1.82) is 0 Å². The van der Waals surface area contributed by atoms with Gasteiger partial charge in [0.05, 0.1) is 6.61 Å². The monoisotopic (exact) mass is 362 g/mol. The Kier molecular flexibility index (Phi) is 6.57. The Morgan fingerprint density at radius 1 is 1.29 bits per heavy atom. The van der Waals surface area contributed by atoms with Gasteiger partial charge in [0.1, 0.15) is 5.75 Å². The van der Waals surface area contributed by atoms with E-state index in [0.29, 0.717) is 17.4 Å². The molecule has 0 aliphatic carbocycles. The smallest absolute Gasteiger partial charge is 0.123 e. The van der Waals surface area contributed by atoms with Crippen LogP contribution in [0.5, 0.6) is 5.75 Å². The lowest BCUT2D eigenvalue weighted by Crippen LogP contribution is -2.06. The van der Waals surface area contributed by atoms with Crippen molar-refractivity contribution in [2.24, 2.45) is 5.92 Å². The Morgan fingerprint density at radius 3 is 2.59 bits per heavy atom. The van der Waals surface area contributed by atoms with E-state index in [1.165, 1.54) is 18.4 Å². The summed E-state index contributed by atoms with van der Waals surface area (Å²) < 4.78 is 6.79. The van der Waals surface area contributed by atoms with Crippen LogP contribution in [-0.2, 0) is 0 Å². The van der Waals surface area contributed by atoms with Crippen LogP contribution in [0.3, 0.4) is 0 Å². The molecule has 0 aliphatic heterocycles. The predicted molar refractivity (Wildman–Crippen MR) is 81.1 cm³/mol. The van der Waals surface area contributed by atoms with Gasteiger partial charge in [-0.3, -0.25) is 0 Å². The van der Waals surface area contributed by atoms with E-state index in [-0.39, 0.29) is 0 Å². The largest absolute Gasteiger partial charge is 0.494 e. The Morgan fingerprint density at radius 2 is 2.00 bits per heavy atom. The first-order valence-corrected chi connectivity index (χ1v) is 7.87. The second-order valence-electron chi connectivity index (χ2n) is 4.28. The summed E-state index contributed by atoms with van der Waals surface area (Å²) >= 11 is 7.33. The molecule has 0 fully saturated rings. The lowest BCUT2D eigenvalue weighted by Gasteiger charge is -2.21. The highest BCUT2D eigenvalue weighted by Gasteiger charge is 2.19. The SMILES string of the molecule is CCCC(C)C(Br)c1cc(Br)ccc1OCC. The zero-order chi connectivity index (χ0) is 12.8. The maximum Gasteiger partial charge on any atom is 0.123 e. The normalized spacial score (nSPS) is 14.4. The molecule has 3 heteroatoms. The molecule has 96 valence electrons. The molecular weight excluding hydrogens is 344 g/mol. The van der Waals surface area contributed by atoms with Crippen molar-refractivity contribution in [3.63, 3.8) is 0 Å². The van der Waals surface area contributed by atoms with Crippen molar-refractivity contribution < 1.29 is 4.74 Å². The minimum atomic E-state index is 0.349. The molecule has 0 aliphatic rings. The van der Waals surface area contributed by atoms with E-state index in [9.17, 15) is 0 Å². The number of hydrogen-bond acceptors (Lipinski definition) is 1. The molecule has 0 bridgehead atoms. The predicted octanol–water partition coefficient (Wildman–Crippen LogP) is 5.72. The minimum absolute atomic E-state index is 0.349. The molecule has 0 aromatic heterocycles. The Balaban J connectivity index is 2.96. The van der Waals surface area contributed by atoms with Gasteiger partial charge in [0.2, 0.25) is 0 Å². The van der Waals surface area contributed by atoms with E-state index in [2.05, 4.69) is 51.8 Å². The fourth-order valence-electron chi connectivity index (χ4n) is 1.93. The van der Waals surface area contributed by atoms with Crippen LogP contribution < -0.4 is 4.74 Å². The summed E-state index contributed by atoms with van der Waals surface area (Å²) in [5, 5.41) is 0. The summed E-state index contributed by atoms with van der Waals surface area (Å²) in [5.74, 6) is 1.59. The number of ether oxygens (including phenoxy) is 1. The maximum atomic E-state index is 5.69. The fraction of sp³-hybridized carbons (Fsp3) is 0.571. The summed E-state index contributed by atoms with van der Waals surface area (Å²) in [7, 11) is 0. The van der Waals surface area contributed by atoms with Gasteiger partial charge in [-0.2, -0.15) is 0 Å². The average Bonchev–Trinajstić information content (AvgIpc) is 2.31. The van der Waals surface area contributed by atoms with Crippen LogP contribution >= 0.6 is 31.9 Å². The van der Waals surface area contributed by atoms with Crippen LogP contribution in [0.25, 0.3) is 0 Å². The number of halogens is 2. The highest BCUT2D eigenvalue weighted by Crippen LogP contribution is 2.39. The molecule has 17 heavy (non-hydrogen) atoms. The molecule has 0 heterocycles. The van der Waals surface area contributed by atoms with E-state index in [1.54, 1.807) is 0 Å². The first-order chi connectivity index (χ1) is 8.10. The minimum Gasteiger partial charge on any atom is -0.494 e. The molecular formula is C14H20Br2O. The molecule has 0 N–H and O–H groups in total. The molecule has 0 spiro atoms. The quantitative estimate of drug-likeness (QED) is 0.587. The van der Waals surface area contributed by atoms with E-state index in [4.69, 9.17) is 4.74 Å². The van der Waals surface area contributed by atoms with Gasteiger partial charge in [0.15, 0.2) is 0 Å². The van der Waals surface area contributed by atoms with Crippen LogP contribution in [0, 0.1) is 5.92 Å². The van der Waals surface area contributed by atoms with Gasteiger partial charge in [-0.05, 0) is 37.5 Å². The molecule has 1 aromatic rings. The molecule has 0 radical (unpaired) electrons. The summed E-state index contributed by atoms with van der Waals surface area (Å²) in [5.41, 5.74) is 1.24. The zero-order valence-corrected chi connectivity index (χ0v) is 13.8. The molecule has 0 saturated carbocycles. The number of alkyl halides is 1. The lowest BCUT2D eigenvalue weighted by molar-refractivity contribution is 0.333. The van der Waals surface area contributed by atoms with Gasteiger partial charge in [0.25, 0.3) is 0 Å². The van der Waals surface area contributed by atoms with Crippen molar-refractivity contribution >= 4 is 31.9 Å². The van der Waals surface area contributed by atoms with Crippen LogP contribution in [0.2, 0.25) is 0 Å². The fourth-order valence-corrected chi connectivity index (χ4v) is 2.93. The Hall–Kier alpha value is -0.0200. The van der Waals surface area contributed by atoms with Crippen molar-refractivity contribution in [3.8, 4) is 5.75 Å². The van der Waals surface area contributed by atoms with E-state index in [1.807, 2.05) is 19.1 Å². The Labute approximate surface area is 121 Å². The number of benzene rings is 1. The van der Waals surface area contributed by atoms with E-state index >= 15 is 0 Å². The Bertz CT molecular complexity index is 352. The zero-order valence-electron chi connectivity index (χ0n) is 10.7. The van der Waals surface area contributed by atoms with Gasteiger partial charge in [-0.25, -0.2) is 0 Å². The number of rotatable bonds is 6. The summed E-state index contributed by atoms with van der Waals surface area (Å²) in [6.07, 6.45) is 2.43. The van der Waals surface area contributed by atoms with E-state index < -0.39 is 0 Å². The topological polar surface area (TPSA) is 9.23 Å². The van der Waals surface area contributed by atoms with Crippen LogP contribution in [0.4, 0.5) is 0 Å². The van der Waals surface area contributed by atoms with Crippen molar-refractivity contribution in [3.05, 3.63) is 28.2 Å². The van der Waals surface area contributed by atoms with Gasteiger partial charge in [-0.1, -0.05) is 52.1 Å². The molecule has 0 amide bonds. The molecule has 1 rings (SSSR count). The standard InChI is InChI=1S/C14H20Br2O/c1-4-6-10(3)14(16)12-9-11(15)7-8-13(12)17-5-2/h7-10,14H,4-6H2,1-3H3. The molecule has 1 nitrogen and oxygen atoms in total. The first kappa shape index (κ1) is 15.0. The summed E-state index contributed by atoms with van der Waals surface area (Å²) in [6, 6.07) is 6.21. The van der Waals surface area contributed by atoms with Gasteiger partial charge < -0.3 is 4.74 Å². The third kappa shape index (κ3) is 4.29. The highest BCUT2D eigenvalue weighted by atomic mass is 79.9. The van der Waals surface area contributed by atoms with Crippen LogP contribution in [0.15, 0.2) is 22.7 Å². The summed E-state index contributed by atoms with van der Waals surface area (Å²) in [6.45, 7) is 7.22. The number of hydrogen-bond donors (Lipinski definition) is 0. The molecule has 2 unspecified atom stereocenters. The maximum absolute atomic E-state index is 5.69. The summed E-state index contributed by atoms with van der Waals surface area (Å²) in [4.78, 5) is 0.349.